The molecule has 5 nitrogen and oxygen atoms in total. The van der Waals surface area contributed by atoms with Gasteiger partial charge in [0.05, 0.1) is 12.5 Å². The largest absolute Gasteiger partial charge is 0.340 e. The maximum Gasteiger partial charge on any atom is 0.251 e. The van der Waals surface area contributed by atoms with E-state index in [1.165, 1.54) is 4.90 Å². The minimum atomic E-state index is -0.147. The molecule has 0 bridgehead atoms. The topological polar surface area (TPSA) is 58.6 Å². The Morgan fingerprint density at radius 1 is 1.41 bits per heavy atom. The van der Waals surface area contributed by atoms with Crippen molar-refractivity contribution in [3.05, 3.63) is 29.8 Å². The molecule has 0 aromatic heterocycles. The summed E-state index contributed by atoms with van der Waals surface area (Å²) < 4.78 is 0. The van der Waals surface area contributed by atoms with Gasteiger partial charge in [-0.25, -0.2) is 5.48 Å². The fourth-order valence-electron chi connectivity index (χ4n) is 2.90. The first kappa shape index (κ1) is 15.4. The van der Waals surface area contributed by atoms with Crippen LogP contribution >= 0.6 is 11.8 Å². The first-order valence-electron chi connectivity index (χ1n) is 7.67. The van der Waals surface area contributed by atoms with Crippen molar-refractivity contribution in [1.82, 2.24) is 10.4 Å². The Bertz CT molecular complexity index is 564. The predicted octanol–water partition coefficient (Wildman–Crippen LogP) is 1.94. The minimum absolute atomic E-state index is 0.0968. The number of amides is 2. The molecule has 1 fully saturated rings. The Morgan fingerprint density at radius 3 is 3.09 bits per heavy atom. The van der Waals surface area contributed by atoms with Gasteiger partial charge in [-0.15, -0.1) is 11.8 Å². The van der Waals surface area contributed by atoms with Crippen LogP contribution in [0.1, 0.15) is 30.7 Å². The Kier molecular flexibility index (Phi) is 5.00. The maximum atomic E-state index is 12.3. The number of carbonyl (C=O) groups is 2. The van der Waals surface area contributed by atoms with Crippen LogP contribution in [0.25, 0.3) is 0 Å². The molecule has 0 radical (unpaired) electrons. The van der Waals surface area contributed by atoms with Crippen LogP contribution in [0.5, 0.6) is 0 Å². The molecule has 22 heavy (non-hydrogen) atoms. The van der Waals surface area contributed by atoms with Crippen LogP contribution in [0, 0.1) is 0 Å². The Labute approximate surface area is 134 Å². The van der Waals surface area contributed by atoms with E-state index in [1.54, 1.807) is 16.7 Å². The van der Waals surface area contributed by atoms with Crippen molar-refractivity contribution in [2.45, 2.75) is 30.1 Å². The van der Waals surface area contributed by atoms with Crippen LogP contribution in [0.2, 0.25) is 0 Å². The van der Waals surface area contributed by atoms with Crippen molar-refractivity contribution in [3.63, 3.8) is 0 Å². The van der Waals surface area contributed by atoms with Gasteiger partial charge >= 0.3 is 0 Å². The summed E-state index contributed by atoms with van der Waals surface area (Å²) in [7, 11) is 0. The molecule has 1 unspecified atom stereocenters. The number of carbonyl (C=O) groups excluding carboxylic acids is 2. The minimum Gasteiger partial charge on any atom is -0.340 e. The highest BCUT2D eigenvalue weighted by atomic mass is 32.2. The number of hydrogen-bond donors (Lipinski definition) is 1. The van der Waals surface area contributed by atoms with Crippen LogP contribution in [0.15, 0.2) is 29.2 Å². The van der Waals surface area contributed by atoms with E-state index < -0.39 is 0 Å². The van der Waals surface area contributed by atoms with E-state index in [0.29, 0.717) is 19.6 Å². The van der Waals surface area contributed by atoms with Gasteiger partial charge < -0.3 is 4.90 Å². The van der Waals surface area contributed by atoms with Gasteiger partial charge in [-0.3, -0.25) is 14.4 Å². The van der Waals surface area contributed by atoms with Gasteiger partial charge in [0.2, 0.25) is 5.91 Å². The Morgan fingerprint density at radius 2 is 2.27 bits per heavy atom. The van der Waals surface area contributed by atoms with Crippen molar-refractivity contribution < 1.29 is 14.4 Å². The van der Waals surface area contributed by atoms with Crippen molar-refractivity contribution in [2.24, 2.45) is 0 Å². The highest BCUT2D eigenvalue weighted by Crippen LogP contribution is 2.37. The van der Waals surface area contributed by atoms with Crippen molar-refractivity contribution >= 4 is 23.6 Å². The lowest BCUT2D eigenvalue weighted by Crippen LogP contribution is -2.35. The number of hydroxylamine groups is 1. The molecule has 1 aromatic carbocycles. The van der Waals surface area contributed by atoms with Gasteiger partial charge in [0.15, 0.2) is 0 Å². The summed E-state index contributed by atoms with van der Waals surface area (Å²) in [5.74, 6) is 0.872. The van der Waals surface area contributed by atoms with Gasteiger partial charge in [0, 0.05) is 24.4 Å². The molecule has 118 valence electrons. The molecule has 2 aliphatic rings. The molecule has 1 N–H and O–H groups in total. The molecule has 0 aliphatic carbocycles. The molecule has 2 heterocycles. The molecule has 2 amide bonds. The molecule has 1 aromatic rings. The number of benzene rings is 1. The standard InChI is InChI=1S/C16H20N2O3S/c19-15-6-3-8-18(15)9-10-21-17-16(20)13-7-11-22-14-5-2-1-4-12(13)14/h1-2,4-5,13H,3,6-11H2,(H,17,20). The lowest BCUT2D eigenvalue weighted by Gasteiger charge is -2.24. The third-order valence-corrected chi connectivity index (χ3v) is 5.21. The summed E-state index contributed by atoms with van der Waals surface area (Å²) in [6.45, 7) is 1.67. The Hall–Kier alpha value is -1.53. The summed E-state index contributed by atoms with van der Waals surface area (Å²) >= 11 is 1.79. The second-order valence-corrected chi connectivity index (χ2v) is 6.66. The monoisotopic (exact) mass is 320 g/mol. The SMILES string of the molecule is O=C(NOCCN1CCCC1=O)C1CCSc2ccccc21. The maximum absolute atomic E-state index is 12.3. The predicted molar refractivity (Wildman–Crippen MR) is 84.4 cm³/mol. The Balaban J connectivity index is 1.47. The third-order valence-electron chi connectivity index (χ3n) is 4.08. The van der Waals surface area contributed by atoms with Crippen molar-refractivity contribution in [2.75, 3.05) is 25.4 Å². The third kappa shape index (κ3) is 3.44. The highest BCUT2D eigenvalue weighted by Gasteiger charge is 2.27. The second kappa shape index (κ2) is 7.15. The quantitative estimate of drug-likeness (QED) is 0.665. The lowest BCUT2D eigenvalue weighted by molar-refractivity contribution is -0.136. The van der Waals surface area contributed by atoms with Crippen LogP contribution in [0.4, 0.5) is 0 Å². The normalized spacial score (nSPS) is 20.8. The van der Waals surface area contributed by atoms with E-state index in [4.69, 9.17) is 4.84 Å². The zero-order valence-electron chi connectivity index (χ0n) is 12.4. The first-order chi connectivity index (χ1) is 10.8. The molecule has 1 saturated heterocycles. The summed E-state index contributed by atoms with van der Waals surface area (Å²) in [5, 5.41) is 0. The average molecular weight is 320 g/mol. The summed E-state index contributed by atoms with van der Waals surface area (Å²) in [6.07, 6.45) is 2.37. The number of nitrogens with one attached hydrogen (secondary N) is 1. The second-order valence-electron chi connectivity index (χ2n) is 5.53. The van der Waals surface area contributed by atoms with Crippen molar-refractivity contribution in [3.8, 4) is 0 Å². The van der Waals surface area contributed by atoms with Crippen molar-refractivity contribution in [1.29, 1.82) is 0 Å². The molecule has 3 rings (SSSR count). The number of fused-ring (bicyclic) bond motifs is 1. The summed E-state index contributed by atoms with van der Waals surface area (Å²) in [6, 6.07) is 8.02. The number of thioether (sulfide) groups is 1. The number of nitrogens with zero attached hydrogens (tertiary/aromatic N) is 1. The van der Waals surface area contributed by atoms with Gasteiger partial charge in [-0.1, -0.05) is 18.2 Å². The van der Waals surface area contributed by atoms with E-state index in [1.807, 2.05) is 18.2 Å². The number of hydrogen-bond acceptors (Lipinski definition) is 4. The molecule has 0 spiro atoms. The number of rotatable bonds is 5. The zero-order valence-corrected chi connectivity index (χ0v) is 13.2. The summed E-state index contributed by atoms with van der Waals surface area (Å²) in [5.41, 5.74) is 3.62. The van der Waals surface area contributed by atoms with E-state index in [-0.39, 0.29) is 17.7 Å². The molecular weight excluding hydrogens is 300 g/mol. The van der Waals surface area contributed by atoms with Crippen LogP contribution in [-0.2, 0) is 14.4 Å². The van der Waals surface area contributed by atoms with E-state index in [2.05, 4.69) is 11.5 Å². The first-order valence-corrected chi connectivity index (χ1v) is 8.65. The lowest BCUT2D eigenvalue weighted by atomic mass is 9.95. The van der Waals surface area contributed by atoms with Gasteiger partial charge in [0.1, 0.15) is 0 Å². The van der Waals surface area contributed by atoms with Crippen LogP contribution in [-0.4, -0.2) is 42.2 Å². The number of likely N-dealkylation sites (tertiary alicyclic amines) is 1. The summed E-state index contributed by atoms with van der Waals surface area (Å²) in [4.78, 5) is 32.0. The highest BCUT2D eigenvalue weighted by molar-refractivity contribution is 7.99. The fraction of sp³-hybridized carbons (Fsp3) is 0.500. The van der Waals surface area contributed by atoms with Gasteiger partial charge in [-0.05, 0) is 30.2 Å². The molecule has 0 saturated carbocycles. The van der Waals surface area contributed by atoms with Gasteiger partial charge in [0.25, 0.3) is 5.91 Å². The molecule has 1 atom stereocenters. The van der Waals surface area contributed by atoms with E-state index in [0.717, 1.165) is 30.7 Å². The van der Waals surface area contributed by atoms with Crippen LogP contribution in [0.3, 0.4) is 0 Å². The average Bonchev–Trinajstić information content (AvgIpc) is 2.96. The van der Waals surface area contributed by atoms with E-state index >= 15 is 0 Å². The van der Waals surface area contributed by atoms with Gasteiger partial charge in [-0.2, -0.15) is 0 Å². The fourth-order valence-corrected chi connectivity index (χ4v) is 4.03. The van der Waals surface area contributed by atoms with E-state index in [9.17, 15) is 9.59 Å². The molecule has 2 aliphatic heterocycles. The van der Waals surface area contributed by atoms with Crippen LogP contribution < -0.4 is 5.48 Å². The molecule has 6 heteroatoms. The molecular formula is C16H20N2O3S. The zero-order chi connectivity index (χ0) is 15.4. The smallest absolute Gasteiger partial charge is 0.251 e.